The normalized spacial score (nSPS) is 21.9. The summed E-state index contributed by atoms with van der Waals surface area (Å²) in [5.41, 5.74) is 2.16. The molecular formula is C14H20N2O2S. The van der Waals surface area contributed by atoms with Crippen molar-refractivity contribution in [2.24, 2.45) is 0 Å². The van der Waals surface area contributed by atoms with Gasteiger partial charge in [-0.05, 0) is 25.7 Å². The van der Waals surface area contributed by atoms with Gasteiger partial charge in [0.05, 0.1) is 0 Å². The third-order valence-corrected chi connectivity index (χ3v) is 4.67. The van der Waals surface area contributed by atoms with Crippen molar-refractivity contribution in [1.82, 2.24) is 9.97 Å². The fraction of sp³-hybridized carbons (Fsp3) is 0.714. The Morgan fingerprint density at radius 3 is 2.74 bits per heavy atom. The van der Waals surface area contributed by atoms with Crippen molar-refractivity contribution in [3.63, 3.8) is 0 Å². The van der Waals surface area contributed by atoms with Gasteiger partial charge in [0.15, 0.2) is 0 Å². The molecule has 5 heteroatoms. The van der Waals surface area contributed by atoms with E-state index >= 15 is 0 Å². The molecule has 1 fully saturated rings. The molecule has 4 nitrogen and oxygen atoms in total. The number of fused-ring (bicyclic) bond motifs is 1. The molecule has 3 rings (SSSR count). The van der Waals surface area contributed by atoms with Crippen molar-refractivity contribution < 1.29 is 9.47 Å². The molecule has 2 aliphatic rings. The van der Waals surface area contributed by atoms with E-state index in [1.54, 1.807) is 7.11 Å². The largest absolute Gasteiger partial charge is 0.381 e. The van der Waals surface area contributed by atoms with Gasteiger partial charge in [-0.15, -0.1) is 0 Å². The number of hydrogen-bond acceptors (Lipinski definition) is 4. The lowest BCUT2D eigenvalue weighted by Gasteiger charge is -2.35. The zero-order valence-electron chi connectivity index (χ0n) is 11.3. The molecule has 104 valence electrons. The Morgan fingerprint density at radius 2 is 2.00 bits per heavy atom. The quantitative estimate of drug-likeness (QED) is 0.846. The highest BCUT2D eigenvalue weighted by molar-refractivity contribution is 7.71. The molecule has 2 heterocycles. The lowest BCUT2D eigenvalue weighted by molar-refractivity contribution is -0.100. The molecule has 0 unspecified atom stereocenters. The van der Waals surface area contributed by atoms with E-state index in [9.17, 15) is 0 Å². The van der Waals surface area contributed by atoms with Crippen LogP contribution in [0.1, 0.15) is 42.8 Å². The number of aromatic amines is 1. The minimum absolute atomic E-state index is 0.349. The second kappa shape index (κ2) is 5.31. The van der Waals surface area contributed by atoms with Gasteiger partial charge in [0.1, 0.15) is 16.1 Å². The molecule has 1 aromatic heterocycles. The Bertz CT molecular complexity index is 521. The molecule has 0 bridgehead atoms. The standard InChI is InChI=1S/C14H20N2O2S/c1-17-14(6-8-18-9-7-14)13-15-11-5-3-2-4-10(11)12(19)16-13/h2-9H2,1H3,(H,15,16,19). The second-order valence-electron chi connectivity index (χ2n) is 5.37. The van der Waals surface area contributed by atoms with Crippen LogP contribution in [0.3, 0.4) is 0 Å². The topological polar surface area (TPSA) is 47.1 Å². The van der Waals surface area contributed by atoms with Crippen LogP contribution in [0.2, 0.25) is 0 Å². The third kappa shape index (κ3) is 2.35. The predicted octanol–water partition coefficient (Wildman–Crippen LogP) is 2.67. The highest BCUT2D eigenvalue weighted by Gasteiger charge is 2.37. The summed E-state index contributed by atoms with van der Waals surface area (Å²) in [6, 6.07) is 0. The molecule has 0 spiro atoms. The van der Waals surface area contributed by atoms with Gasteiger partial charge in [-0.1, -0.05) is 12.2 Å². The average molecular weight is 280 g/mol. The van der Waals surface area contributed by atoms with Crippen LogP contribution in [0.25, 0.3) is 0 Å². The van der Waals surface area contributed by atoms with Crippen molar-refractivity contribution in [1.29, 1.82) is 0 Å². The first-order valence-electron chi connectivity index (χ1n) is 7.01. The molecule has 1 aliphatic carbocycles. The van der Waals surface area contributed by atoms with Crippen LogP contribution >= 0.6 is 12.2 Å². The number of methoxy groups -OCH3 is 1. The Hall–Kier alpha value is -0.780. The lowest BCUT2D eigenvalue weighted by Crippen LogP contribution is -2.38. The summed E-state index contributed by atoms with van der Waals surface area (Å²) in [6.45, 7) is 1.43. The zero-order chi connectivity index (χ0) is 13.3. The maximum absolute atomic E-state index is 5.79. The van der Waals surface area contributed by atoms with E-state index in [1.807, 2.05) is 0 Å². The monoisotopic (exact) mass is 280 g/mol. The molecule has 0 atom stereocenters. The molecule has 19 heavy (non-hydrogen) atoms. The molecule has 0 saturated carbocycles. The first-order chi connectivity index (χ1) is 9.25. The molecule has 0 amide bonds. The van der Waals surface area contributed by atoms with Crippen LogP contribution in [0, 0.1) is 4.64 Å². The van der Waals surface area contributed by atoms with Gasteiger partial charge in [0, 0.05) is 44.4 Å². The van der Waals surface area contributed by atoms with Gasteiger partial charge < -0.3 is 14.5 Å². The summed E-state index contributed by atoms with van der Waals surface area (Å²) < 4.78 is 12.0. The fourth-order valence-corrected chi connectivity index (χ4v) is 3.39. The van der Waals surface area contributed by atoms with Crippen LogP contribution in [-0.2, 0) is 27.9 Å². The highest BCUT2D eigenvalue weighted by atomic mass is 32.1. The number of H-pyrrole nitrogens is 1. The first kappa shape index (κ1) is 13.2. The highest BCUT2D eigenvalue weighted by Crippen LogP contribution is 2.34. The number of aryl methyl sites for hydroxylation is 1. The van der Waals surface area contributed by atoms with E-state index in [4.69, 9.17) is 21.7 Å². The minimum atomic E-state index is -0.349. The van der Waals surface area contributed by atoms with Crippen molar-refractivity contribution in [2.75, 3.05) is 20.3 Å². The van der Waals surface area contributed by atoms with E-state index in [-0.39, 0.29) is 5.60 Å². The van der Waals surface area contributed by atoms with Gasteiger partial charge in [0.25, 0.3) is 0 Å². The van der Waals surface area contributed by atoms with Crippen molar-refractivity contribution in [3.05, 3.63) is 21.7 Å². The summed E-state index contributed by atoms with van der Waals surface area (Å²) in [5, 5.41) is 0. The van der Waals surface area contributed by atoms with Gasteiger partial charge in [-0.3, -0.25) is 0 Å². The lowest BCUT2D eigenvalue weighted by atomic mass is 9.91. The predicted molar refractivity (Wildman–Crippen MR) is 74.8 cm³/mol. The van der Waals surface area contributed by atoms with Gasteiger partial charge >= 0.3 is 0 Å². The van der Waals surface area contributed by atoms with Gasteiger partial charge in [-0.2, -0.15) is 0 Å². The maximum atomic E-state index is 5.79. The summed E-state index contributed by atoms with van der Waals surface area (Å²) in [7, 11) is 1.75. The number of nitrogens with zero attached hydrogens (tertiary/aromatic N) is 1. The summed E-state index contributed by atoms with van der Waals surface area (Å²) >= 11 is 5.48. The molecule has 1 saturated heterocycles. The number of rotatable bonds is 2. The average Bonchev–Trinajstić information content (AvgIpc) is 2.48. The van der Waals surface area contributed by atoms with Crippen LogP contribution in [0.4, 0.5) is 0 Å². The van der Waals surface area contributed by atoms with Crippen molar-refractivity contribution >= 4 is 12.2 Å². The number of ether oxygens (including phenoxy) is 2. The molecule has 1 aliphatic heterocycles. The second-order valence-corrected chi connectivity index (χ2v) is 5.75. The summed E-state index contributed by atoms with van der Waals surface area (Å²) in [6.07, 6.45) is 6.24. The van der Waals surface area contributed by atoms with Crippen LogP contribution in [0.5, 0.6) is 0 Å². The molecule has 1 N–H and O–H groups in total. The fourth-order valence-electron chi connectivity index (χ4n) is 3.07. The molecule has 1 aromatic rings. The van der Waals surface area contributed by atoms with Gasteiger partial charge in [-0.25, -0.2) is 4.98 Å². The summed E-state index contributed by atoms with van der Waals surface area (Å²) in [5.74, 6) is 0.893. The molecule has 0 aromatic carbocycles. The SMILES string of the molecule is COC1(c2nc(=S)c3c([nH]2)CCCC3)CCOCC1. The van der Waals surface area contributed by atoms with E-state index in [0.717, 1.165) is 36.1 Å². The van der Waals surface area contributed by atoms with Crippen LogP contribution in [-0.4, -0.2) is 30.3 Å². The first-order valence-corrected chi connectivity index (χ1v) is 7.41. The Labute approximate surface area is 118 Å². The van der Waals surface area contributed by atoms with Crippen molar-refractivity contribution in [3.8, 4) is 0 Å². The van der Waals surface area contributed by atoms with E-state index in [0.29, 0.717) is 13.2 Å². The maximum Gasteiger partial charge on any atom is 0.140 e. The number of nitrogens with one attached hydrogen (secondary N) is 1. The number of aromatic nitrogens is 2. The van der Waals surface area contributed by atoms with Gasteiger partial charge in [0.2, 0.25) is 0 Å². The van der Waals surface area contributed by atoms with E-state index < -0.39 is 0 Å². The van der Waals surface area contributed by atoms with Crippen LogP contribution in [0.15, 0.2) is 0 Å². The number of hydrogen-bond donors (Lipinski definition) is 1. The Balaban J connectivity index is 2.04. The van der Waals surface area contributed by atoms with E-state index in [1.165, 1.54) is 24.1 Å². The Morgan fingerprint density at radius 1 is 1.26 bits per heavy atom. The third-order valence-electron chi connectivity index (χ3n) is 4.33. The minimum Gasteiger partial charge on any atom is -0.381 e. The molecular weight excluding hydrogens is 260 g/mol. The van der Waals surface area contributed by atoms with E-state index in [2.05, 4.69) is 9.97 Å². The van der Waals surface area contributed by atoms with Crippen molar-refractivity contribution in [2.45, 2.75) is 44.1 Å². The smallest absolute Gasteiger partial charge is 0.140 e. The summed E-state index contributed by atoms with van der Waals surface area (Å²) in [4.78, 5) is 8.14. The Kier molecular flexibility index (Phi) is 3.69. The molecule has 0 radical (unpaired) electrons. The van der Waals surface area contributed by atoms with Crippen LogP contribution < -0.4 is 0 Å². The zero-order valence-corrected chi connectivity index (χ0v) is 12.1.